The highest BCUT2D eigenvalue weighted by Crippen LogP contribution is 2.27. The predicted molar refractivity (Wildman–Crippen MR) is 95.5 cm³/mol. The van der Waals surface area contributed by atoms with Crippen molar-refractivity contribution in [1.29, 1.82) is 0 Å². The molecule has 1 heterocycles. The maximum Gasteiger partial charge on any atom is 0.137 e. The second-order valence-electron chi connectivity index (χ2n) is 5.72. The van der Waals surface area contributed by atoms with E-state index in [1.165, 1.54) is 16.3 Å². The summed E-state index contributed by atoms with van der Waals surface area (Å²) in [4.78, 5) is 8.88. The Morgan fingerprint density at radius 1 is 0.826 bits per heavy atom. The maximum atomic E-state index is 4.46. The smallest absolute Gasteiger partial charge is 0.137 e. The zero-order valence-electron chi connectivity index (χ0n) is 12.9. The van der Waals surface area contributed by atoms with Crippen molar-refractivity contribution in [2.24, 2.45) is 0 Å². The van der Waals surface area contributed by atoms with Crippen LogP contribution in [0.15, 0.2) is 73.1 Å². The standard InChI is InChI=1S/C20H17N3/c1-14(15-7-3-2-4-8-15)23-20-18-11-16-9-5-6-10-17(16)12-19(18)21-13-22-20/h2-14H,1H3,(H,21,22,23)/t14-/m1/s1. The van der Waals surface area contributed by atoms with E-state index in [0.717, 1.165) is 16.7 Å². The molecule has 0 fully saturated rings. The first kappa shape index (κ1) is 13.7. The van der Waals surface area contributed by atoms with E-state index in [4.69, 9.17) is 0 Å². The molecule has 3 nitrogen and oxygen atoms in total. The van der Waals surface area contributed by atoms with Gasteiger partial charge in [-0.05, 0) is 35.4 Å². The third-order valence-electron chi connectivity index (χ3n) is 4.16. The van der Waals surface area contributed by atoms with Crippen molar-refractivity contribution < 1.29 is 0 Å². The first-order valence-electron chi connectivity index (χ1n) is 7.76. The largest absolute Gasteiger partial charge is 0.363 e. The molecule has 0 saturated carbocycles. The highest BCUT2D eigenvalue weighted by Gasteiger charge is 2.09. The molecule has 23 heavy (non-hydrogen) atoms. The van der Waals surface area contributed by atoms with Crippen LogP contribution < -0.4 is 5.32 Å². The monoisotopic (exact) mass is 299 g/mol. The molecule has 0 radical (unpaired) electrons. The highest BCUT2D eigenvalue weighted by atomic mass is 15.0. The summed E-state index contributed by atoms with van der Waals surface area (Å²) in [7, 11) is 0. The van der Waals surface area contributed by atoms with E-state index in [-0.39, 0.29) is 6.04 Å². The zero-order valence-corrected chi connectivity index (χ0v) is 12.9. The van der Waals surface area contributed by atoms with Gasteiger partial charge in [-0.15, -0.1) is 0 Å². The van der Waals surface area contributed by atoms with E-state index in [1.807, 2.05) is 12.1 Å². The second-order valence-corrected chi connectivity index (χ2v) is 5.72. The molecule has 4 aromatic rings. The first-order valence-corrected chi connectivity index (χ1v) is 7.76. The zero-order chi connectivity index (χ0) is 15.6. The fourth-order valence-corrected chi connectivity index (χ4v) is 2.89. The molecule has 0 aliphatic heterocycles. The van der Waals surface area contributed by atoms with Crippen molar-refractivity contribution in [2.75, 3.05) is 5.32 Å². The van der Waals surface area contributed by atoms with Crippen molar-refractivity contribution in [3.63, 3.8) is 0 Å². The van der Waals surface area contributed by atoms with Crippen LogP contribution in [-0.2, 0) is 0 Å². The van der Waals surface area contributed by atoms with Gasteiger partial charge in [-0.1, -0.05) is 54.6 Å². The van der Waals surface area contributed by atoms with Crippen molar-refractivity contribution in [3.05, 3.63) is 78.6 Å². The number of fused-ring (bicyclic) bond motifs is 2. The van der Waals surface area contributed by atoms with Crippen molar-refractivity contribution >= 4 is 27.5 Å². The molecule has 4 rings (SSSR count). The van der Waals surface area contributed by atoms with Crippen LogP contribution in [0, 0.1) is 0 Å². The number of aromatic nitrogens is 2. The van der Waals surface area contributed by atoms with E-state index in [2.05, 4.69) is 76.8 Å². The van der Waals surface area contributed by atoms with Crippen LogP contribution >= 0.6 is 0 Å². The molecule has 0 bridgehead atoms. The summed E-state index contributed by atoms with van der Waals surface area (Å²) in [5, 5.41) is 6.96. The molecule has 0 aliphatic carbocycles. The van der Waals surface area contributed by atoms with Gasteiger partial charge < -0.3 is 5.32 Å². The molecule has 0 saturated heterocycles. The van der Waals surface area contributed by atoms with Gasteiger partial charge in [0.25, 0.3) is 0 Å². The van der Waals surface area contributed by atoms with Crippen LogP contribution in [0.4, 0.5) is 5.82 Å². The summed E-state index contributed by atoms with van der Waals surface area (Å²) in [5.74, 6) is 0.872. The quantitative estimate of drug-likeness (QED) is 0.543. The Kier molecular flexibility index (Phi) is 3.39. The normalized spacial score (nSPS) is 12.4. The summed E-state index contributed by atoms with van der Waals surface area (Å²) in [6.45, 7) is 2.14. The van der Waals surface area contributed by atoms with E-state index >= 15 is 0 Å². The molecule has 1 aromatic heterocycles. The Morgan fingerprint density at radius 2 is 1.52 bits per heavy atom. The number of nitrogens with zero attached hydrogens (tertiary/aromatic N) is 2. The van der Waals surface area contributed by atoms with Gasteiger partial charge in [-0.25, -0.2) is 9.97 Å². The lowest BCUT2D eigenvalue weighted by Gasteiger charge is -2.16. The minimum Gasteiger partial charge on any atom is -0.363 e. The lowest BCUT2D eigenvalue weighted by atomic mass is 10.1. The van der Waals surface area contributed by atoms with Gasteiger partial charge >= 0.3 is 0 Å². The first-order chi connectivity index (χ1) is 11.3. The molecular weight excluding hydrogens is 282 g/mol. The SMILES string of the molecule is C[C@@H](Nc1ncnc2cc3ccccc3cc12)c1ccccc1. The molecule has 3 heteroatoms. The summed E-state index contributed by atoms with van der Waals surface area (Å²) < 4.78 is 0. The number of rotatable bonds is 3. The number of hydrogen-bond donors (Lipinski definition) is 1. The molecule has 1 atom stereocenters. The lowest BCUT2D eigenvalue weighted by Crippen LogP contribution is -2.08. The Balaban J connectivity index is 1.79. The van der Waals surface area contributed by atoms with E-state index in [1.54, 1.807) is 6.33 Å². The summed E-state index contributed by atoms with van der Waals surface area (Å²) in [6.07, 6.45) is 1.62. The molecule has 3 aromatic carbocycles. The molecule has 0 amide bonds. The van der Waals surface area contributed by atoms with Crippen molar-refractivity contribution in [2.45, 2.75) is 13.0 Å². The number of anilines is 1. The number of hydrogen-bond acceptors (Lipinski definition) is 3. The van der Waals surface area contributed by atoms with E-state index in [9.17, 15) is 0 Å². The van der Waals surface area contributed by atoms with Crippen molar-refractivity contribution in [3.8, 4) is 0 Å². The fraction of sp³-hybridized carbons (Fsp3) is 0.100. The highest BCUT2D eigenvalue weighted by molar-refractivity contribution is 6.00. The minimum absolute atomic E-state index is 0.181. The molecule has 1 N–H and O–H groups in total. The van der Waals surface area contributed by atoms with E-state index in [0.29, 0.717) is 0 Å². The maximum absolute atomic E-state index is 4.46. The number of benzene rings is 3. The molecule has 0 spiro atoms. The molecule has 0 aliphatic rings. The summed E-state index contributed by atoms with van der Waals surface area (Å²) in [5.41, 5.74) is 2.20. The molecular formula is C20H17N3. The van der Waals surface area contributed by atoms with Crippen LogP contribution in [0.25, 0.3) is 21.7 Å². The van der Waals surface area contributed by atoms with Gasteiger partial charge in [0.15, 0.2) is 0 Å². The van der Waals surface area contributed by atoms with Crippen LogP contribution in [0.2, 0.25) is 0 Å². The van der Waals surface area contributed by atoms with Crippen LogP contribution in [0.5, 0.6) is 0 Å². The third-order valence-corrected chi connectivity index (χ3v) is 4.16. The second kappa shape index (κ2) is 5.69. The Hall–Kier alpha value is -2.94. The summed E-state index contributed by atoms with van der Waals surface area (Å²) in [6, 6.07) is 23.2. The molecule has 0 unspecified atom stereocenters. The van der Waals surface area contributed by atoms with Gasteiger partial charge in [0, 0.05) is 11.4 Å². The van der Waals surface area contributed by atoms with Crippen LogP contribution in [0.1, 0.15) is 18.5 Å². The Labute approximate surface area is 135 Å². The lowest BCUT2D eigenvalue weighted by molar-refractivity contribution is 0.876. The number of nitrogens with one attached hydrogen (secondary N) is 1. The Bertz CT molecular complexity index is 964. The van der Waals surface area contributed by atoms with Crippen LogP contribution in [-0.4, -0.2) is 9.97 Å². The predicted octanol–water partition coefficient (Wildman–Crippen LogP) is 4.96. The van der Waals surface area contributed by atoms with Gasteiger partial charge in [-0.3, -0.25) is 0 Å². The molecule has 112 valence electrons. The Morgan fingerprint density at radius 3 is 2.30 bits per heavy atom. The van der Waals surface area contributed by atoms with Crippen LogP contribution in [0.3, 0.4) is 0 Å². The average molecular weight is 299 g/mol. The van der Waals surface area contributed by atoms with Gasteiger partial charge in [0.2, 0.25) is 0 Å². The van der Waals surface area contributed by atoms with Gasteiger partial charge in [-0.2, -0.15) is 0 Å². The minimum atomic E-state index is 0.181. The summed E-state index contributed by atoms with van der Waals surface area (Å²) >= 11 is 0. The average Bonchev–Trinajstić information content (AvgIpc) is 2.61. The van der Waals surface area contributed by atoms with Gasteiger partial charge in [0.05, 0.1) is 5.52 Å². The third kappa shape index (κ3) is 2.61. The van der Waals surface area contributed by atoms with Gasteiger partial charge in [0.1, 0.15) is 12.1 Å². The fourth-order valence-electron chi connectivity index (χ4n) is 2.89. The van der Waals surface area contributed by atoms with E-state index < -0.39 is 0 Å². The topological polar surface area (TPSA) is 37.8 Å². The van der Waals surface area contributed by atoms with Crippen molar-refractivity contribution in [1.82, 2.24) is 9.97 Å².